The first kappa shape index (κ1) is 15.0. The van der Waals surface area contributed by atoms with Gasteiger partial charge in [-0.05, 0) is 32.9 Å². The van der Waals surface area contributed by atoms with Crippen LogP contribution in [-0.2, 0) is 19.1 Å². The zero-order chi connectivity index (χ0) is 14.5. The maximum Gasteiger partial charge on any atom is 0.407 e. The van der Waals surface area contributed by atoms with E-state index in [0.717, 1.165) is 0 Å². The van der Waals surface area contributed by atoms with Crippen LogP contribution in [0.5, 0.6) is 0 Å². The fraction of sp³-hybridized carbons (Fsp3) is 0.667. The molecule has 0 spiro atoms. The zero-order valence-corrected chi connectivity index (χ0v) is 11.5. The number of oxime groups is 1. The molecule has 1 amide bonds. The standard InChI is InChI=1S/C12H18N2O5/c1-5-17-10-8(7-15)9(19-14-10)6-13-11(16)18-12(2,3)4/h9H,5-6H2,1-4H3,(H,13,16). The third kappa shape index (κ3) is 4.63. The molecule has 106 valence electrons. The fourth-order valence-electron chi connectivity index (χ4n) is 1.33. The number of rotatable bonds is 3. The summed E-state index contributed by atoms with van der Waals surface area (Å²) in [5.41, 5.74) is -0.436. The summed E-state index contributed by atoms with van der Waals surface area (Å²) in [4.78, 5) is 27.3. The number of carbonyl (C=O) groups excluding carboxylic acids is 2. The first-order chi connectivity index (χ1) is 8.87. The molecule has 7 nitrogen and oxygen atoms in total. The van der Waals surface area contributed by atoms with Gasteiger partial charge < -0.3 is 19.6 Å². The Morgan fingerprint density at radius 2 is 2.21 bits per heavy atom. The Morgan fingerprint density at radius 1 is 1.53 bits per heavy atom. The van der Waals surface area contributed by atoms with Crippen molar-refractivity contribution in [2.45, 2.75) is 39.4 Å². The lowest BCUT2D eigenvalue weighted by molar-refractivity contribution is 0.0467. The van der Waals surface area contributed by atoms with Gasteiger partial charge in [0.05, 0.1) is 13.2 Å². The molecule has 1 rings (SSSR count). The first-order valence-electron chi connectivity index (χ1n) is 5.96. The quantitative estimate of drug-likeness (QED) is 0.774. The van der Waals surface area contributed by atoms with Gasteiger partial charge in [-0.3, -0.25) is 0 Å². The molecule has 0 aliphatic carbocycles. The van der Waals surface area contributed by atoms with Crippen molar-refractivity contribution in [3.8, 4) is 0 Å². The number of amides is 1. The van der Waals surface area contributed by atoms with Gasteiger partial charge >= 0.3 is 6.09 Å². The highest BCUT2D eigenvalue weighted by molar-refractivity contribution is 6.02. The number of alkyl carbamates (subject to hydrolysis) is 1. The topological polar surface area (TPSA) is 86.2 Å². The minimum atomic E-state index is -0.702. The lowest BCUT2D eigenvalue weighted by atomic mass is 10.1. The second kappa shape index (κ2) is 6.24. The molecular weight excluding hydrogens is 252 g/mol. The Labute approximate surface area is 111 Å². The lowest BCUT2D eigenvalue weighted by Crippen LogP contribution is -2.37. The van der Waals surface area contributed by atoms with Crippen LogP contribution in [0.1, 0.15) is 27.7 Å². The summed E-state index contributed by atoms with van der Waals surface area (Å²) in [6.07, 6.45) is -1.29. The minimum Gasteiger partial charge on any atom is -0.475 e. The monoisotopic (exact) mass is 270 g/mol. The molecule has 1 N–H and O–H groups in total. The number of nitrogens with zero attached hydrogens (tertiary/aromatic N) is 1. The van der Waals surface area contributed by atoms with Crippen LogP contribution in [0.4, 0.5) is 4.79 Å². The van der Waals surface area contributed by atoms with Crippen molar-refractivity contribution in [3.05, 3.63) is 5.57 Å². The average Bonchev–Trinajstić information content (AvgIpc) is 2.67. The van der Waals surface area contributed by atoms with Gasteiger partial charge in [-0.2, -0.15) is 0 Å². The van der Waals surface area contributed by atoms with Crippen LogP contribution in [0, 0.1) is 0 Å². The van der Waals surface area contributed by atoms with Crippen molar-refractivity contribution >= 4 is 17.9 Å². The molecule has 0 fully saturated rings. The van der Waals surface area contributed by atoms with E-state index in [1.807, 2.05) is 0 Å². The van der Waals surface area contributed by atoms with Crippen LogP contribution in [0.25, 0.3) is 0 Å². The first-order valence-corrected chi connectivity index (χ1v) is 5.96. The summed E-state index contributed by atoms with van der Waals surface area (Å²) in [5.74, 6) is 1.82. The van der Waals surface area contributed by atoms with E-state index in [1.54, 1.807) is 33.6 Å². The largest absolute Gasteiger partial charge is 0.475 e. The van der Waals surface area contributed by atoms with Gasteiger partial charge in [0.25, 0.3) is 5.90 Å². The van der Waals surface area contributed by atoms with Gasteiger partial charge in [-0.1, -0.05) is 0 Å². The molecule has 1 unspecified atom stereocenters. The Balaban J connectivity index is 2.48. The van der Waals surface area contributed by atoms with Crippen LogP contribution in [-0.4, -0.2) is 42.8 Å². The van der Waals surface area contributed by atoms with E-state index in [2.05, 4.69) is 10.5 Å². The number of hydrogen-bond acceptors (Lipinski definition) is 6. The molecular formula is C12H18N2O5. The lowest BCUT2D eigenvalue weighted by Gasteiger charge is -2.20. The van der Waals surface area contributed by atoms with Crippen LogP contribution >= 0.6 is 0 Å². The zero-order valence-electron chi connectivity index (χ0n) is 11.5. The van der Waals surface area contributed by atoms with Gasteiger partial charge in [0.15, 0.2) is 6.10 Å². The van der Waals surface area contributed by atoms with E-state index in [-0.39, 0.29) is 18.0 Å². The maximum absolute atomic E-state index is 11.5. The molecule has 0 aromatic rings. The Hall–Kier alpha value is -2.01. The third-order valence-electron chi connectivity index (χ3n) is 2.04. The number of nitrogens with one attached hydrogen (secondary N) is 1. The highest BCUT2D eigenvalue weighted by atomic mass is 16.7. The fourth-order valence-corrected chi connectivity index (χ4v) is 1.33. The summed E-state index contributed by atoms with van der Waals surface area (Å²) < 4.78 is 10.2. The molecule has 0 radical (unpaired) electrons. The Morgan fingerprint density at radius 3 is 2.74 bits per heavy atom. The van der Waals surface area contributed by atoms with E-state index in [9.17, 15) is 9.59 Å². The maximum atomic E-state index is 11.5. The van der Waals surface area contributed by atoms with Gasteiger partial charge in [0.2, 0.25) is 0 Å². The number of carbonyl (C=O) groups is 1. The van der Waals surface area contributed by atoms with Crippen molar-refractivity contribution < 1.29 is 23.9 Å². The molecule has 0 aromatic heterocycles. The van der Waals surface area contributed by atoms with Crippen LogP contribution in [0.15, 0.2) is 10.7 Å². The van der Waals surface area contributed by atoms with Crippen molar-refractivity contribution in [3.63, 3.8) is 0 Å². The van der Waals surface area contributed by atoms with Crippen LogP contribution in [0.2, 0.25) is 0 Å². The average molecular weight is 270 g/mol. The summed E-state index contributed by atoms with van der Waals surface area (Å²) >= 11 is 0. The van der Waals surface area contributed by atoms with Gasteiger partial charge in [-0.15, -0.1) is 0 Å². The predicted molar refractivity (Wildman–Crippen MR) is 67.4 cm³/mol. The van der Waals surface area contributed by atoms with Crippen molar-refractivity contribution in [2.24, 2.45) is 5.16 Å². The Bertz CT molecular complexity index is 418. The number of hydrogen-bond donors (Lipinski definition) is 1. The summed E-state index contributed by atoms with van der Waals surface area (Å²) in [6.45, 7) is 7.44. The molecule has 1 aliphatic rings. The molecule has 7 heteroatoms. The smallest absolute Gasteiger partial charge is 0.407 e. The molecule has 1 atom stereocenters. The van der Waals surface area contributed by atoms with E-state index in [0.29, 0.717) is 6.61 Å². The highest BCUT2D eigenvalue weighted by Crippen LogP contribution is 2.15. The summed E-state index contributed by atoms with van der Waals surface area (Å²) in [7, 11) is 0. The summed E-state index contributed by atoms with van der Waals surface area (Å²) in [6, 6.07) is 0. The van der Waals surface area contributed by atoms with Crippen molar-refractivity contribution in [2.75, 3.05) is 13.2 Å². The molecule has 0 aromatic carbocycles. The highest BCUT2D eigenvalue weighted by Gasteiger charge is 2.31. The molecule has 19 heavy (non-hydrogen) atoms. The SMILES string of the molecule is CCOC1=NOC(CNC(=O)OC(C)(C)C)C1=C=O. The van der Waals surface area contributed by atoms with E-state index in [1.165, 1.54) is 0 Å². The predicted octanol–water partition coefficient (Wildman–Crippen LogP) is 1.02. The van der Waals surface area contributed by atoms with E-state index in [4.69, 9.17) is 14.3 Å². The van der Waals surface area contributed by atoms with Gasteiger partial charge in [0, 0.05) is 0 Å². The second-order valence-electron chi connectivity index (χ2n) is 4.82. The second-order valence-corrected chi connectivity index (χ2v) is 4.82. The van der Waals surface area contributed by atoms with Gasteiger partial charge in [-0.25, -0.2) is 9.59 Å². The van der Waals surface area contributed by atoms with Crippen LogP contribution in [0.3, 0.4) is 0 Å². The third-order valence-corrected chi connectivity index (χ3v) is 2.04. The summed E-state index contributed by atoms with van der Waals surface area (Å²) in [5, 5.41) is 6.11. The molecule has 0 saturated carbocycles. The normalized spacial score (nSPS) is 18.2. The van der Waals surface area contributed by atoms with Crippen LogP contribution < -0.4 is 5.32 Å². The van der Waals surface area contributed by atoms with Crippen molar-refractivity contribution in [1.82, 2.24) is 5.32 Å². The molecule has 1 aliphatic heterocycles. The Kier molecular flexibility index (Phi) is 4.94. The van der Waals surface area contributed by atoms with E-state index >= 15 is 0 Å². The minimum absolute atomic E-state index is 0.0551. The molecule has 0 bridgehead atoms. The van der Waals surface area contributed by atoms with Gasteiger partial charge in [0.1, 0.15) is 17.1 Å². The van der Waals surface area contributed by atoms with Crippen molar-refractivity contribution in [1.29, 1.82) is 0 Å². The molecule has 1 heterocycles. The number of ether oxygens (including phenoxy) is 2. The van der Waals surface area contributed by atoms with E-state index < -0.39 is 17.8 Å². The molecule has 0 saturated heterocycles.